The van der Waals surface area contributed by atoms with E-state index in [-0.39, 0.29) is 16.4 Å². The van der Waals surface area contributed by atoms with Gasteiger partial charge in [-0.05, 0) is 27.7 Å². The molecule has 10 N–H and O–H groups in total. The van der Waals surface area contributed by atoms with Gasteiger partial charge in [-0.1, -0.05) is 0 Å². The van der Waals surface area contributed by atoms with Crippen LogP contribution in [-0.2, 0) is 9.59 Å². The average molecular weight is 254 g/mol. The molecule has 0 fully saturated rings. The highest BCUT2D eigenvalue weighted by atomic mass is 16.2. The topological polar surface area (TPSA) is 205 Å². The number of primary amides is 2. The number of carbonyl (C=O) groups excluding carboxylic acids is 2. The van der Waals surface area contributed by atoms with Crippen molar-refractivity contribution in [2.75, 3.05) is 0 Å². The van der Waals surface area contributed by atoms with Gasteiger partial charge in [-0.2, -0.15) is 10.2 Å². The molecule has 0 aromatic heterocycles. The van der Waals surface area contributed by atoms with Gasteiger partial charge in [0.2, 0.25) is 11.8 Å². The molecule has 2 amide bonds. The standard InChI is InChI=1S/C8H16N4O2.3H2O/c1-7(2,5(9)13)11-12-8(3,4)6(10)14;;;/h1-4H3,(H2,9,13)(H2,10,14);3*1H2. The van der Waals surface area contributed by atoms with Gasteiger partial charge in [-0.15, -0.1) is 0 Å². The molecule has 0 aliphatic heterocycles. The number of rotatable bonds is 4. The third-order valence-corrected chi connectivity index (χ3v) is 1.76. The average Bonchev–Trinajstić information content (AvgIpc) is 2.01. The summed E-state index contributed by atoms with van der Waals surface area (Å²) in [5.74, 6) is -1.22. The summed E-state index contributed by atoms with van der Waals surface area (Å²) in [6.07, 6.45) is 0. The number of hydrogen-bond donors (Lipinski definition) is 2. The minimum atomic E-state index is -1.12. The summed E-state index contributed by atoms with van der Waals surface area (Å²) < 4.78 is 0. The first kappa shape index (κ1) is 24.6. The van der Waals surface area contributed by atoms with E-state index in [0.717, 1.165) is 0 Å². The molecule has 9 nitrogen and oxygen atoms in total. The summed E-state index contributed by atoms with van der Waals surface area (Å²) in [5.41, 5.74) is 7.90. The Bertz CT molecular complexity index is 260. The van der Waals surface area contributed by atoms with Crippen molar-refractivity contribution >= 4 is 11.8 Å². The first-order chi connectivity index (χ1) is 6.09. The number of nitrogens with zero attached hydrogens (tertiary/aromatic N) is 2. The maximum Gasteiger partial charge on any atom is 0.246 e. The first-order valence-electron chi connectivity index (χ1n) is 4.13. The van der Waals surface area contributed by atoms with Crippen LogP contribution in [0.4, 0.5) is 0 Å². The van der Waals surface area contributed by atoms with Gasteiger partial charge in [0.05, 0.1) is 0 Å². The third-order valence-electron chi connectivity index (χ3n) is 1.76. The lowest BCUT2D eigenvalue weighted by Crippen LogP contribution is -2.39. The van der Waals surface area contributed by atoms with Crippen LogP contribution < -0.4 is 11.5 Å². The van der Waals surface area contributed by atoms with E-state index < -0.39 is 22.9 Å². The maximum absolute atomic E-state index is 10.9. The molecular weight excluding hydrogens is 232 g/mol. The van der Waals surface area contributed by atoms with Crippen molar-refractivity contribution in [3.63, 3.8) is 0 Å². The Hall–Kier alpha value is -1.58. The van der Waals surface area contributed by atoms with Gasteiger partial charge in [-0.25, -0.2) is 0 Å². The van der Waals surface area contributed by atoms with Crippen molar-refractivity contribution in [1.29, 1.82) is 0 Å². The Balaban J connectivity index is -0.000000282. The minimum Gasteiger partial charge on any atom is -0.412 e. The predicted molar refractivity (Wildman–Crippen MR) is 62.2 cm³/mol. The van der Waals surface area contributed by atoms with Crippen LogP contribution in [0.5, 0.6) is 0 Å². The van der Waals surface area contributed by atoms with Crippen LogP contribution in [0.15, 0.2) is 10.2 Å². The Morgan fingerprint density at radius 1 is 0.765 bits per heavy atom. The zero-order valence-electron chi connectivity index (χ0n) is 10.4. The van der Waals surface area contributed by atoms with Crippen molar-refractivity contribution in [3.8, 4) is 0 Å². The molecule has 104 valence electrons. The smallest absolute Gasteiger partial charge is 0.246 e. The fourth-order valence-corrected chi connectivity index (χ4v) is 0.349. The lowest BCUT2D eigenvalue weighted by Gasteiger charge is -2.17. The monoisotopic (exact) mass is 254 g/mol. The highest BCUT2D eigenvalue weighted by Gasteiger charge is 2.29. The number of carbonyl (C=O) groups is 2. The Morgan fingerprint density at radius 3 is 1.06 bits per heavy atom. The van der Waals surface area contributed by atoms with E-state index in [9.17, 15) is 9.59 Å². The molecule has 0 heterocycles. The van der Waals surface area contributed by atoms with Crippen LogP contribution in [0.2, 0.25) is 0 Å². The molecular formula is C8H22N4O5. The van der Waals surface area contributed by atoms with Gasteiger partial charge in [-0.3, -0.25) is 9.59 Å². The van der Waals surface area contributed by atoms with E-state index in [2.05, 4.69) is 10.2 Å². The molecule has 0 rings (SSSR count). The molecule has 0 saturated carbocycles. The second kappa shape index (κ2) is 7.65. The van der Waals surface area contributed by atoms with Crippen molar-refractivity contribution in [3.05, 3.63) is 0 Å². The summed E-state index contributed by atoms with van der Waals surface area (Å²) >= 11 is 0. The van der Waals surface area contributed by atoms with Gasteiger partial charge in [0.1, 0.15) is 0 Å². The first-order valence-corrected chi connectivity index (χ1v) is 4.13. The third kappa shape index (κ3) is 7.33. The van der Waals surface area contributed by atoms with Gasteiger partial charge in [0.15, 0.2) is 11.1 Å². The highest BCUT2D eigenvalue weighted by Crippen LogP contribution is 2.14. The maximum atomic E-state index is 10.9. The summed E-state index contributed by atoms with van der Waals surface area (Å²) in [6.45, 7) is 6.04. The quantitative estimate of drug-likeness (QED) is 0.521. The second-order valence-electron chi connectivity index (χ2n) is 4.05. The molecule has 0 radical (unpaired) electrons. The van der Waals surface area contributed by atoms with Crippen LogP contribution in [0.25, 0.3) is 0 Å². The molecule has 0 atom stereocenters. The summed E-state index contributed by atoms with van der Waals surface area (Å²) in [5, 5.41) is 7.40. The SMILES string of the molecule is CC(C)(N=NC(C)(C)C(N)=O)C(N)=O.O.O.O. The van der Waals surface area contributed by atoms with Crippen LogP contribution in [0.1, 0.15) is 27.7 Å². The Labute approximate surface area is 99.2 Å². The molecule has 0 aliphatic rings. The summed E-state index contributed by atoms with van der Waals surface area (Å²) in [7, 11) is 0. The molecule has 17 heavy (non-hydrogen) atoms. The number of hydrogen-bond acceptors (Lipinski definition) is 4. The predicted octanol–water partition coefficient (Wildman–Crippen LogP) is -2.51. The van der Waals surface area contributed by atoms with Crippen molar-refractivity contribution in [2.45, 2.75) is 38.8 Å². The van der Waals surface area contributed by atoms with E-state index >= 15 is 0 Å². The Kier molecular flexibility index (Phi) is 11.1. The van der Waals surface area contributed by atoms with E-state index in [1.165, 1.54) is 27.7 Å². The van der Waals surface area contributed by atoms with Gasteiger partial charge in [0.25, 0.3) is 0 Å². The fraction of sp³-hybridized carbons (Fsp3) is 0.750. The normalized spacial score (nSPS) is 10.8. The number of amides is 2. The minimum absolute atomic E-state index is 0. The van der Waals surface area contributed by atoms with E-state index in [1.54, 1.807) is 0 Å². The van der Waals surface area contributed by atoms with Crippen LogP contribution in [-0.4, -0.2) is 39.3 Å². The molecule has 9 heteroatoms. The highest BCUT2D eigenvalue weighted by molar-refractivity contribution is 5.84. The molecule has 0 unspecified atom stereocenters. The zero-order valence-corrected chi connectivity index (χ0v) is 10.4. The molecule has 0 saturated heterocycles. The fourth-order valence-electron chi connectivity index (χ4n) is 0.349. The van der Waals surface area contributed by atoms with Crippen molar-refractivity contribution in [1.82, 2.24) is 0 Å². The van der Waals surface area contributed by atoms with E-state index in [4.69, 9.17) is 11.5 Å². The number of nitrogens with two attached hydrogens (primary N) is 2. The summed E-state index contributed by atoms with van der Waals surface area (Å²) in [6, 6.07) is 0. The van der Waals surface area contributed by atoms with Crippen LogP contribution in [0, 0.1) is 0 Å². The van der Waals surface area contributed by atoms with Crippen molar-refractivity contribution in [2.24, 2.45) is 21.7 Å². The molecule has 0 spiro atoms. The van der Waals surface area contributed by atoms with Gasteiger partial charge >= 0.3 is 0 Å². The summed E-state index contributed by atoms with van der Waals surface area (Å²) in [4.78, 5) is 21.7. The van der Waals surface area contributed by atoms with E-state index in [0.29, 0.717) is 0 Å². The molecule has 0 aromatic rings. The molecule has 0 aromatic carbocycles. The van der Waals surface area contributed by atoms with Crippen LogP contribution in [0.3, 0.4) is 0 Å². The number of azo groups is 1. The molecule has 0 bridgehead atoms. The zero-order chi connectivity index (χ0) is 11.6. The Morgan fingerprint density at radius 2 is 0.941 bits per heavy atom. The largest absolute Gasteiger partial charge is 0.412 e. The second-order valence-corrected chi connectivity index (χ2v) is 4.05. The van der Waals surface area contributed by atoms with Crippen LogP contribution >= 0.6 is 0 Å². The molecule has 0 aliphatic carbocycles. The van der Waals surface area contributed by atoms with E-state index in [1.807, 2.05) is 0 Å². The van der Waals surface area contributed by atoms with Gasteiger partial charge < -0.3 is 27.9 Å². The van der Waals surface area contributed by atoms with Gasteiger partial charge in [0, 0.05) is 0 Å². The lowest BCUT2D eigenvalue weighted by molar-refractivity contribution is -0.124. The lowest BCUT2D eigenvalue weighted by atomic mass is 10.1. The van der Waals surface area contributed by atoms with Crippen molar-refractivity contribution < 1.29 is 26.0 Å².